The van der Waals surface area contributed by atoms with Crippen LogP contribution in [0.25, 0.3) is 0 Å². The van der Waals surface area contributed by atoms with E-state index in [4.69, 9.17) is 29.0 Å². The van der Waals surface area contributed by atoms with Crippen LogP contribution in [0.5, 0.6) is 0 Å². The Morgan fingerprint density at radius 3 is 2.16 bits per heavy atom. The highest BCUT2D eigenvalue weighted by Crippen LogP contribution is 2.31. The van der Waals surface area contributed by atoms with Crippen molar-refractivity contribution >= 4 is 45.8 Å². The molecule has 3 N–H and O–H groups in total. The number of halogens is 3. The molecule has 0 fully saturated rings. The van der Waals surface area contributed by atoms with Gasteiger partial charge in [0.15, 0.2) is 0 Å². The summed E-state index contributed by atoms with van der Waals surface area (Å²) in [4.78, 5) is 0. The van der Waals surface area contributed by atoms with Gasteiger partial charge >= 0.3 is 0 Å². The summed E-state index contributed by atoms with van der Waals surface area (Å²) in [5.74, 6) is 5.65. The van der Waals surface area contributed by atoms with Crippen LogP contribution in [0.2, 0.25) is 10.0 Å². The molecule has 0 aromatic heterocycles. The van der Waals surface area contributed by atoms with E-state index in [9.17, 15) is 0 Å². The molecule has 0 radical (unpaired) electrons. The maximum atomic E-state index is 6.21. The van der Waals surface area contributed by atoms with Crippen LogP contribution in [0.1, 0.15) is 17.2 Å². The van der Waals surface area contributed by atoms with E-state index >= 15 is 0 Å². The van der Waals surface area contributed by atoms with E-state index in [1.807, 2.05) is 18.2 Å². The van der Waals surface area contributed by atoms with Crippen LogP contribution >= 0.6 is 45.8 Å². The van der Waals surface area contributed by atoms with Gasteiger partial charge in [0, 0.05) is 19.2 Å². The molecule has 1 unspecified atom stereocenters. The third-order valence-corrected chi connectivity index (χ3v) is 4.28. The summed E-state index contributed by atoms with van der Waals surface area (Å²) < 4.78 is 1.20. The van der Waals surface area contributed by atoms with Gasteiger partial charge in [-0.1, -0.05) is 41.4 Å². The Kier molecular flexibility index (Phi) is 5.47. The van der Waals surface area contributed by atoms with Gasteiger partial charge in [-0.3, -0.25) is 11.3 Å². The van der Waals surface area contributed by atoms with Crippen molar-refractivity contribution < 1.29 is 0 Å². The summed E-state index contributed by atoms with van der Waals surface area (Å²) in [6.07, 6.45) is 0.733. The summed E-state index contributed by atoms with van der Waals surface area (Å²) in [5, 5.41) is 1.25. The van der Waals surface area contributed by atoms with E-state index < -0.39 is 0 Å². The van der Waals surface area contributed by atoms with E-state index in [0.29, 0.717) is 10.0 Å². The summed E-state index contributed by atoms with van der Waals surface area (Å²) in [6, 6.07) is 13.7. The lowest BCUT2D eigenvalue weighted by atomic mass is 9.99. The van der Waals surface area contributed by atoms with Crippen LogP contribution in [0.15, 0.2) is 42.5 Å². The lowest BCUT2D eigenvalue weighted by Gasteiger charge is -2.19. The number of rotatable bonds is 4. The third kappa shape index (κ3) is 3.83. The molecule has 0 aliphatic carbocycles. The Labute approximate surface area is 136 Å². The highest BCUT2D eigenvalue weighted by Gasteiger charge is 2.17. The average molecular weight is 407 g/mol. The van der Waals surface area contributed by atoms with Crippen LogP contribution in [-0.4, -0.2) is 0 Å². The Bertz CT molecular complexity index is 538. The molecule has 5 heteroatoms. The molecule has 0 spiro atoms. The first kappa shape index (κ1) is 15.1. The van der Waals surface area contributed by atoms with Gasteiger partial charge in [0.05, 0.1) is 6.04 Å². The topological polar surface area (TPSA) is 38.0 Å². The predicted octanol–water partition coefficient (Wildman–Crippen LogP) is 4.35. The quantitative estimate of drug-likeness (QED) is 0.450. The Balaban J connectivity index is 2.27. The molecule has 2 aromatic rings. The Morgan fingerprint density at radius 1 is 1.05 bits per heavy atom. The summed E-state index contributed by atoms with van der Waals surface area (Å²) in [6.45, 7) is 0. The van der Waals surface area contributed by atoms with Gasteiger partial charge < -0.3 is 0 Å². The number of nitrogens with two attached hydrogens (primary N) is 1. The van der Waals surface area contributed by atoms with Crippen molar-refractivity contribution in [2.24, 2.45) is 5.84 Å². The van der Waals surface area contributed by atoms with E-state index in [1.165, 1.54) is 9.13 Å². The normalized spacial score (nSPS) is 12.4. The van der Waals surface area contributed by atoms with Gasteiger partial charge in [0.25, 0.3) is 0 Å². The molecule has 0 aliphatic rings. The highest BCUT2D eigenvalue weighted by molar-refractivity contribution is 14.1. The first-order valence-corrected chi connectivity index (χ1v) is 7.59. The van der Waals surface area contributed by atoms with Crippen LogP contribution in [-0.2, 0) is 6.42 Å². The van der Waals surface area contributed by atoms with Crippen molar-refractivity contribution in [2.45, 2.75) is 12.5 Å². The molecule has 0 saturated carbocycles. The van der Waals surface area contributed by atoms with Crippen molar-refractivity contribution in [2.75, 3.05) is 0 Å². The van der Waals surface area contributed by atoms with E-state index in [-0.39, 0.29) is 6.04 Å². The van der Waals surface area contributed by atoms with Gasteiger partial charge in [-0.2, -0.15) is 0 Å². The first-order chi connectivity index (χ1) is 9.11. The fourth-order valence-corrected chi connectivity index (χ4v) is 2.96. The number of benzene rings is 2. The molecular weight excluding hydrogens is 394 g/mol. The lowest BCUT2D eigenvalue weighted by Crippen LogP contribution is -2.30. The van der Waals surface area contributed by atoms with Crippen molar-refractivity contribution in [1.29, 1.82) is 0 Å². The fourth-order valence-electron chi connectivity index (χ4n) is 1.94. The minimum Gasteiger partial charge on any atom is -0.271 e. The van der Waals surface area contributed by atoms with Gasteiger partial charge in [-0.15, -0.1) is 0 Å². The SMILES string of the molecule is NNC(Cc1ccc(I)cc1)c1c(Cl)cccc1Cl. The Morgan fingerprint density at radius 2 is 1.63 bits per heavy atom. The molecule has 0 saturated heterocycles. The molecule has 0 heterocycles. The lowest BCUT2D eigenvalue weighted by molar-refractivity contribution is 0.552. The second kappa shape index (κ2) is 6.90. The smallest absolute Gasteiger partial charge is 0.0529 e. The average Bonchev–Trinajstić information content (AvgIpc) is 2.39. The van der Waals surface area contributed by atoms with E-state index in [0.717, 1.165) is 12.0 Å². The summed E-state index contributed by atoms with van der Waals surface area (Å²) in [5.41, 5.74) is 4.81. The zero-order valence-electron chi connectivity index (χ0n) is 10.0. The molecule has 2 nitrogen and oxygen atoms in total. The zero-order valence-corrected chi connectivity index (χ0v) is 13.7. The fraction of sp³-hybridized carbons (Fsp3) is 0.143. The summed E-state index contributed by atoms with van der Waals surface area (Å²) in [7, 11) is 0. The molecule has 19 heavy (non-hydrogen) atoms. The minimum atomic E-state index is -0.110. The van der Waals surface area contributed by atoms with Gasteiger partial charge in [-0.05, 0) is 58.8 Å². The highest BCUT2D eigenvalue weighted by atomic mass is 127. The standard InChI is InChI=1S/C14H13Cl2IN2/c15-11-2-1-3-12(16)14(11)13(19-18)8-9-4-6-10(17)7-5-9/h1-7,13,19H,8,18H2. The van der Waals surface area contributed by atoms with Crippen LogP contribution in [0.3, 0.4) is 0 Å². The molecule has 0 bridgehead atoms. The van der Waals surface area contributed by atoms with E-state index in [2.05, 4.69) is 52.3 Å². The first-order valence-electron chi connectivity index (χ1n) is 5.76. The van der Waals surface area contributed by atoms with Gasteiger partial charge in [-0.25, -0.2) is 0 Å². The van der Waals surface area contributed by atoms with Crippen molar-refractivity contribution in [3.8, 4) is 0 Å². The van der Waals surface area contributed by atoms with Gasteiger partial charge in [0.2, 0.25) is 0 Å². The minimum absolute atomic E-state index is 0.110. The predicted molar refractivity (Wildman–Crippen MR) is 89.4 cm³/mol. The van der Waals surface area contributed by atoms with Crippen LogP contribution in [0, 0.1) is 3.57 Å². The number of nitrogens with one attached hydrogen (secondary N) is 1. The Hall–Kier alpha value is -0.330. The van der Waals surface area contributed by atoms with Crippen LogP contribution in [0.4, 0.5) is 0 Å². The number of hydrazine groups is 1. The summed E-state index contributed by atoms with van der Waals surface area (Å²) >= 11 is 14.7. The molecule has 2 rings (SSSR count). The van der Waals surface area contributed by atoms with Crippen molar-refractivity contribution in [3.05, 3.63) is 67.2 Å². The molecule has 2 aromatic carbocycles. The molecule has 100 valence electrons. The molecule has 0 aliphatic heterocycles. The monoisotopic (exact) mass is 406 g/mol. The second-order valence-electron chi connectivity index (χ2n) is 4.19. The molecule has 0 amide bonds. The van der Waals surface area contributed by atoms with Crippen molar-refractivity contribution in [1.82, 2.24) is 5.43 Å². The van der Waals surface area contributed by atoms with Crippen LogP contribution < -0.4 is 11.3 Å². The largest absolute Gasteiger partial charge is 0.271 e. The molecular formula is C14H13Cl2IN2. The van der Waals surface area contributed by atoms with E-state index in [1.54, 1.807) is 0 Å². The zero-order chi connectivity index (χ0) is 13.8. The maximum Gasteiger partial charge on any atom is 0.0529 e. The van der Waals surface area contributed by atoms with Crippen molar-refractivity contribution in [3.63, 3.8) is 0 Å². The number of hydrogen-bond acceptors (Lipinski definition) is 2. The number of hydrogen-bond donors (Lipinski definition) is 2. The third-order valence-electron chi connectivity index (χ3n) is 2.90. The van der Waals surface area contributed by atoms with Gasteiger partial charge in [0.1, 0.15) is 0 Å². The second-order valence-corrected chi connectivity index (χ2v) is 6.25. The maximum absolute atomic E-state index is 6.21. The molecule has 1 atom stereocenters.